The molecule has 0 fully saturated rings. The minimum atomic E-state index is -3.81. The van der Waals surface area contributed by atoms with Crippen LogP contribution in [0.15, 0.2) is 29.3 Å². The molecule has 0 saturated heterocycles. The van der Waals surface area contributed by atoms with Crippen LogP contribution in [0.25, 0.3) is 0 Å². The number of nitrogens with zero attached hydrogens (tertiary/aromatic N) is 1. The van der Waals surface area contributed by atoms with Crippen LogP contribution in [0.5, 0.6) is 0 Å². The van der Waals surface area contributed by atoms with Crippen molar-refractivity contribution >= 4 is 26.5 Å². The molecule has 0 atom stereocenters. The third-order valence-electron chi connectivity index (χ3n) is 2.47. The highest BCUT2D eigenvalue weighted by molar-refractivity contribution is 7.93. The predicted molar refractivity (Wildman–Crippen MR) is 80.0 cm³/mol. The van der Waals surface area contributed by atoms with Crippen LogP contribution < -0.4 is 10.5 Å². The van der Waals surface area contributed by atoms with E-state index in [0.717, 1.165) is 23.5 Å². The Labute approximate surface area is 126 Å². The Morgan fingerprint density at radius 2 is 2.24 bits per heavy atom. The van der Waals surface area contributed by atoms with E-state index in [4.69, 9.17) is 5.73 Å². The lowest BCUT2D eigenvalue weighted by molar-refractivity contribution is 0.598. The summed E-state index contributed by atoms with van der Waals surface area (Å²) in [5.74, 6) is 4.94. The Balaban J connectivity index is 2.27. The number of aryl methyl sites for hydroxylation is 1. The molecule has 5 nitrogen and oxygen atoms in total. The van der Waals surface area contributed by atoms with Crippen molar-refractivity contribution in [1.29, 1.82) is 0 Å². The molecular formula is C13H12FN3O2S2. The number of rotatable bonds is 3. The van der Waals surface area contributed by atoms with Crippen LogP contribution in [-0.4, -0.2) is 19.9 Å². The van der Waals surface area contributed by atoms with Crippen LogP contribution in [0.1, 0.15) is 10.4 Å². The zero-order valence-electron chi connectivity index (χ0n) is 11.1. The van der Waals surface area contributed by atoms with E-state index in [2.05, 4.69) is 21.5 Å². The first kappa shape index (κ1) is 15.4. The van der Waals surface area contributed by atoms with Gasteiger partial charge in [-0.05, 0) is 30.7 Å². The molecule has 2 aromatic rings. The molecule has 0 unspecified atom stereocenters. The van der Waals surface area contributed by atoms with E-state index in [1.807, 2.05) is 0 Å². The van der Waals surface area contributed by atoms with Crippen LogP contribution in [0.2, 0.25) is 0 Å². The van der Waals surface area contributed by atoms with E-state index in [9.17, 15) is 12.8 Å². The summed E-state index contributed by atoms with van der Waals surface area (Å²) in [6.07, 6.45) is 1.46. The van der Waals surface area contributed by atoms with Crippen molar-refractivity contribution < 1.29 is 12.8 Å². The van der Waals surface area contributed by atoms with Gasteiger partial charge in [-0.15, -0.1) is 0 Å². The van der Waals surface area contributed by atoms with Gasteiger partial charge in [-0.25, -0.2) is 17.8 Å². The van der Waals surface area contributed by atoms with Gasteiger partial charge in [-0.2, -0.15) is 0 Å². The SMILES string of the molecule is Cc1cc(F)ccc1S(=O)(=O)Nc1ncc(C#CCN)s1. The van der Waals surface area contributed by atoms with E-state index in [-0.39, 0.29) is 16.6 Å². The molecule has 1 heterocycles. The van der Waals surface area contributed by atoms with Gasteiger partial charge in [-0.1, -0.05) is 23.2 Å². The van der Waals surface area contributed by atoms with Crippen molar-refractivity contribution in [2.24, 2.45) is 5.73 Å². The fourth-order valence-corrected chi connectivity index (χ4v) is 3.76. The highest BCUT2D eigenvalue weighted by atomic mass is 32.2. The lowest BCUT2D eigenvalue weighted by Crippen LogP contribution is -2.14. The second kappa shape index (κ2) is 6.22. The first-order valence-electron chi connectivity index (χ1n) is 5.86. The monoisotopic (exact) mass is 325 g/mol. The summed E-state index contributed by atoms with van der Waals surface area (Å²) in [6, 6.07) is 3.48. The molecule has 0 saturated carbocycles. The third kappa shape index (κ3) is 3.78. The van der Waals surface area contributed by atoms with E-state index < -0.39 is 15.8 Å². The molecular weight excluding hydrogens is 313 g/mol. The van der Waals surface area contributed by atoms with Crippen molar-refractivity contribution in [2.45, 2.75) is 11.8 Å². The highest BCUT2D eigenvalue weighted by Crippen LogP contribution is 2.23. The number of aromatic nitrogens is 1. The standard InChI is InChI=1S/C13H12FN3O2S2/c1-9-7-10(14)4-5-12(9)21(18,19)17-13-16-8-11(20-13)3-2-6-15/h4-5,7-8H,6,15H2,1H3,(H,16,17). The lowest BCUT2D eigenvalue weighted by atomic mass is 10.2. The largest absolute Gasteiger partial charge is 0.320 e. The number of anilines is 1. The molecule has 0 aliphatic rings. The van der Waals surface area contributed by atoms with Crippen molar-refractivity contribution in [2.75, 3.05) is 11.3 Å². The van der Waals surface area contributed by atoms with Gasteiger partial charge in [0.15, 0.2) is 5.13 Å². The van der Waals surface area contributed by atoms with Gasteiger partial charge in [0.2, 0.25) is 0 Å². The highest BCUT2D eigenvalue weighted by Gasteiger charge is 2.18. The molecule has 3 N–H and O–H groups in total. The average Bonchev–Trinajstić information content (AvgIpc) is 2.82. The van der Waals surface area contributed by atoms with Gasteiger partial charge in [0.25, 0.3) is 10.0 Å². The summed E-state index contributed by atoms with van der Waals surface area (Å²) in [5.41, 5.74) is 5.58. The summed E-state index contributed by atoms with van der Waals surface area (Å²) in [4.78, 5) is 4.55. The van der Waals surface area contributed by atoms with Crippen molar-refractivity contribution in [1.82, 2.24) is 4.98 Å². The van der Waals surface area contributed by atoms with Crippen LogP contribution in [0.3, 0.4) is 0 Å². The molecule has 0 radical (unpaired) electrons. The maximum atomic E-state index is 13.0. The summed E-state index contributed by atoms with van der Waals surface area (Å²) in [6.45, 7) is 1.74. The number of thiazole rings is 1. The molecule has 1 aromatic heterocycles. The maximum Gasteiger partial charge on any atom is 0.263 e. The first-order valence-corrected chi connectivity index (χ1v) is 8.16. The number of nitrogens with two attached hydrogens (primary N) is 1. The predicted octanol–water partition coefficient (Wildman–Crippen LogP) is 1.70. The van der Waals surface area contributed by atoms with Gasteiger partial charge in [0, 0.05) is 0 Å². The number of hydrogen-bond acceptors (Lipinski definition) is 5. The second-order valence-electron chi connectivity index (χ2n) is 4.05. The number of halogens is 1. The van der Waals surface area contributed by atoms with Gasteiger partial charge < -0.3 is 5.73 Å². The number of sulfonamides is 1. The zero-order valence-corrected chi connectivity index (χ0v) is 12.7. The summed E-state index contributed by atoms with van der Waals surface area (Å²) < 4.78 is 39.9. The topological polar surface area (TPSA) is 85.1 Å². The number of hydrogen-bond donors (Lipinski definition) is 2. The Bertz CT molecular complexity index is 819. The Morgan fingerprint density at radius 3 is 2.90 bits per heavy atom. The minimum absolute atomic E-state index is 0.00805. The van der Waals surface area contributed by atoms with E-state index in [1.54, 1.807) is 0 Å². The molecule has 1 aromatic carbocycles. The molecule has 0 spiro atoms. The molecule has 0 aliphatic heterocycles. The zero-order chi connectivity index (χ0) is 15.5. The molecule has 8 heteroatoms. The summed E-state index contributed by atoms with van der Waals surface area (Å²) in [7, 11) is -3.81. The van der Waals surface area contributed by atoms with Crippen LogP contribution in [-0.2, 0) is 10.0 Å². The number of nitrogens with one attached hydrogen (secondary N) is 1. The summed E-state index contributed by atoms with van der Waals surface area (Å²) >= 11 is 1.10. The Hall–Kier alpha value is -1.95. The van der Waals surface area contributed by atoms with Gasteiger partial charge >= 0.3 is 0 Å². The minimum Gasteiger partial charge on any atom is -0.320 e. The molecule has 21 heavy (non-hydrogen) atoms. The van der Waals surface area contributed by atoms with Gasteiger partial charge in [-0.3, -0.25) is 4.72 Å². The van der Waals surface area contributed by atoms with E-state index in [1.165, 1.54) is 19.2 Å². The van der Waals surface area contributed by atoms with Crippen LogP contribution in [0.4, 0.5) is 9.52 Å². The first-order chi connectivity index (χ1) is 9.92. The fraction of sp³-hybridized carbons (Fsp3) is 0.154. The third-order valence-corrected chi connectivity index (χ3v) is 4.92. The van der Waals surface area contributed by atoms with Gasteiger partial charge in [0.05, 0.1) is 22.5 Å². The summed E-state index contributed by atoms with van der Waals surface area (Å²) in [5, 5.41) is 0.194. The maximum absolute atomic E-state index is 13.0. The van der Waals surface area contributed by atoms with Crippen molar-refractivity contribution in [3.8, 4) is 11.8 Å². The second-order valence-corrected chi connectivity index (χ2v) is 6.73. The van der Waals surface area contributed by atoms with Crippen molar-refractivity contribution in [3.63, 3.8) is 0 Å². The van der Waals surface area contributed by atoms with Crippen molar-refractivity contribution in [3.05, 3.63) is 40.7 Å². The normalized spacial score (nSPS) is 10.8. The van der Waals surface area contributed by atoms with E-state index >= 15 is 0 Å². The Kier molecular flexibility index (Phi) is 4.57. The average molecular weight is 325 g/mol. The van der Waals surface area contributed by atoms with Crippen LogP contribution in [0, 0.1) is 24.6 Å². The quantitative estimate of drug-likeness (QED) is 0.841. The lowest BCUT2D eigenvalue weighted by Gasteiger charge is -2.07. The molecule has 2 rings (SSSR count). The smallest absolute Gasteiger partial charge is 0.263 e. The Morgan fingerprint density at radius 1 is 1.48 bits per heavy atom. The molecule has 0 amide bonds. The molecule has 0 bridgehead atoms. The van der Waals surface area contributed by atoms with Gasteiger partial charge in [0.1, 0.15) is 5.82 Å². The fourth-order valence-electron chi connectivity index (χ4n) is 1.60. The van der Waals surface area contributed by atoms with Crippen LogP contribution >= 0.6 is 11.3 Å². The van der Waals surface area contributed by atoms with E-state index in [0.29, 0.717) is 10.4 Å². The molecule has 110 valence electrons. The molecule has 0 aliphatic carbocycles. The number of benzene rings is 1.